The first-order valence-electron chi connectivity index (χ1n) is 7.22. The third kappa shape index (κ3) is 3.26. The van der Waals surface area contributed by atoms with Gasteiger partial charge in [0.15, 0.2) is 4.80 Å². The number of amides is 1. The van der Waals surface area contributed by atoms with Gasteiger partial charge < -0.3 is 9.30 Å². The van der Waals surface area contributed by atoms with E-state index in [1.165, 1.54) is 17.4 Å². The highest BCUT2D eigenvalue weighted by Crippen LogP contribution is 2.21. The first kappa shape index (κ1) is 16.8. The molecule has 0 fully saturated rings. The van der Waals surface area contributed by atoms with Crippen LogP contribution in [0.4, 0.5) is 4.39 Å². The number of hydrogen-bond acceptors (Lipinski definition) is 3. The number of halogens is 2. The van der Waals surface area contributed by atoms with Crippen molar-refractivity contribution in [3.63, 3.8) is 0 Å². The normalized spacial score (nSPS) is 12.0. The average Bonchev–Trinajstić information content (AvgIpc) is 2.91. The fourth-order valence-electron chi connectivity index (χ4n) is 2.34. The Morgan fingerprint density at radius 1 is 1.29 bits per heavy atom. The van der Waals surface area contributed by atoms with E-state index in [4.69, 9.17) is 16.3 Å². The second kappa shape index (κ2) is 7.25. The van der Waals surface area contributed by atoms with Gasteiger partial charge in [-0.3, -0.25) is 4.79 Å². The van der Waals surface area contributed by atoms with E-state index in [9.17, 15) is 9.18 Å². The van der Waals surface area contributed by atoms with Gasteiger partial charge in [-0.15, -0.1) is 0 Å². The molecule has 3 rings (SSSR count). The summed E-state index contributed by atoms with van der Waals surface area (Å²) in [7, 11) is 1.57. The summed E-state index contributed by atoms with van der Waals surface area (Å²) >= 11 is 7.30. The number of para-hydroxylation sites is 1. The summed E-state index contributed by atoms with van der Waals surface area (Å²) in [5.74, 6) is -0.815. The third-order valence-electron chi connectivity index (χ3n) is 3.47. The second-order valence-corrected chi connectivity index (χ2v) is 6.43. The maximum Gasteiger partial charge on any atom is 0.281 e. The van der Waals surface area contributed by atoms with Gasteiger partial charge in [0.1, 0.15) is 5.82 Å². The number of ether oxygens (including phenoxy) is 1. The summed E-state index contributed by atoms with van der Waals surface area (Å²) in [4.78, 5) is 17.0. The molecule has 124 valence electrons. The number of nitrogens with zero attached hydrogens (tertiary/aromatic N) is 2. The van der Waals surface area contributed by atoms with E-state index in [2.05, 4.69) is 4.99 Å². The Balaban J connectivity index is 2.16. The number of hydrogen-bond donors (Lipinski definition) is 0. The Morgan fingerprint density at radius 2 is 2.08 bits per heavy atom. The smallest absolute Gasteiger partial charge is 0.281 e. The molecule has 7 heteroatoms. The standard InChI is InChI=1S/C17H14ClFN2O2S/c1-23-10-9-21-15-13(19)7-4-8-14(15)24-17(21)20-16(22)11-5-2-3-6-12(11)18/h2-8H,9-10H2,1H3. The summed E-state index contributed by atoms with van der Waals surface area (Å²) in [5.41, 5.74) is 0.737. The van der Waals surface area contributed by atoms with Gasteiger partial charge in [-0.25, -0.2) is 4.39 Å². The van der Waals surface area contributed by atoms with Gasteiger partial charge in [-0.2, -0.15) is 4.99 Å². The molecule has 0 atom stereocenters. The summed E-state index contributed by atoms with van der Waals surface area (Å²) in [6.45, 7) is 0.777. The Bertz CT molecular complexity index is 965. The van der Waals surface area contributed by atoms with Crippen molar-refractivity contribution in [3.05, 3.63) is 63.7 Å². The summed E-state index contributed by atoms with van der Waals surface area (Å²) in [6.07, 6.45) is 0. The van der Waals surface area contributed by atoms with Gasteiger partial charge >= 0.3 is 0 Å². The van der Waals surface area contributed by atoms with Crippen molar-refractivity contribution in [3.8, 4) is 0 Å². The largest absolute Gasteiger partial charge is 0.383 e. The number of aromatic nitrogens is 1. The van der Waals surface area contributed by atoms with Crippen molar-refractivity contribution >= 4 is 39.1 Å². The first-order valence-corrected chi connectivity index (χ1v) is 8.41. The first-order chi connectivity index (χ1) is 11.6. The molecule has 24 heavy (non-hydrogen) atoms. The summed E-state index contributed by atoms with van der Waals surface area (Å²) in [6, 6.07) is 11.5. The minimum absolute atomic E-state index is 0.315. The van der Waals surface area contributed by atoms with Crippen molar-refractivity contribution in [1.82, 2.24) is 4.57 Å². The second-order valence-electron chi connectivity index (χ2n) is 5.01. The van der Waals surface area contributed by atoms with Crippen LogP contribution in [0.5, 0.6) is 0 Å². The average molecular weight is 365 g/mol. The molecule has 3 aromatic rings. The fourth-order valence-corrected chi connectivity index (χ4v) is 3.63. The van der Waals surface area contributed by atoms with Gasteiger partial charge in [0.25, 0.3) is 5.91 Å². The van der Waals surface area contributed by atoms with Gasteiger partial charge in [0.2, 0.25) is 0 Å². The zero-order valence-corrected chi connectivity index (χ0v) is 14.4. The molecular weight excluding hydrogens is 351 g/mol. The molecule has 1 heterocycles. The van der Waals surface area contributed by atoms with Gasteiger partial charge in [-0.05, 0) is 24.3 Å². The van der Waals surface area contributed by atoms with Gasteiger partial charge in [0.05, 0.1) is 27.4 Å². The Morgan fingerprint density at radius 3 is 2.83 bits per heavy atom. The molecule has 1 amide bonds. The molecule has 0 saturated heterocycles. The van der Waals surface area contributed by atoms with E-state index in [0.717, 1.165) is 4.70 Å². The predicted molar refractivity (Wildman–Crippen MR) is 93.0 cm³/mol. The Hall–Kier alpha value is -2.02. The highest BCUT2D eigenvalue weighted by Gasteiger charge is 2.13. The van der Waals surface area contributed by atoms with Crippen LogP contribution in [0.15, 0.2) is 47.5 Å². The molecule has 0 bridgehead atoms. The van der Waals surface area contributed by atoms with Crippen molar-refractivity contribution in [2.24, 2.45) is 4.99 Å². The zero-order chi connectivity index (χ0) is 17.1. The van der Waals surface area contributed by atoms with Crippen LogP contribution in [-0.2, 0) is 11.3 Å². The van der Waals surface area contributed by atoms with Crippen molar-refractivity contribution < 1.29 is 13.9 Å². The van der Waals surface area contributed by atoms with Crippen molar-refractivity contribution in [2.75, 3.05) is 13.7 Å². The number of thiazole rings is 1. The van der Waals surface area contributed by atoms with Crippen molar-refractivity contribution in [1.29, 1.82) is 0 Å². The van der Waals surface area contributed by atoms with E-state index in [0.29, 0.717) is 34.1 Å². The van der Waals surface area contributed by atoms with E-state index in [1.807, 2.05) is 0 Å². The Kier molecular flexibility index (Phi) is 5.08. The van der Waals surface area contributed by atoms with E-state index < -0.39 is 5.91 Å². The monoisotopic (exact) mass is 364 g/mol. The van der Waals surface area contributed by atoms with Crippen LogP contribution in [0.25, 0.3) is 10.2 Å². The molecular formula is C17H14ClFN2O2S. The highest BCUT2D eigenvalue weighted by atomic mass is 35.5. The zero-order valence-electron chi connectivity index (χ0n) is 12.8. The number of carbonyl (C=O) groups is 1. The topological polar surface area (TPSA) is 43.6 Å². The molecule has 0 radical (unpaired) electrons. The number of fused-ring (bicyclic) bond motifs is 1. The molecule has 0 spiro atoms. The highest BCUT2D eigenvalue weighted by molar-refractivity contribution is 7.16. The van der Waals surface area contributed by atoms with Crippen LogP contribution in [0.1, 0.15) is 10.4 Å². The quantitative estimate of drug-likeness (QED) is 0.705. The summed E-state index contributed by atoms with van der Waals surface area (Å²) < 4.78 is 21.7. The molecule has 0 aliphatic carbocycles. The molecule has 0 unspecified atom stereocenters. The van der Waals surface area contributed by atoms with Crippen LogP contribution in [-0.4, -0.2) is 24.2 Å². The predicted octanol–water partition coefficient (Wildman–Crippen LogP) is 3.88. The molecule has 2 aromatic carbocycles. The molecule has 4 nitrogen and oxygen atoms in total. The molecule has 0 aliphatic rings. The van der Waals surface area contributed by atoms with Gasteiger partial charge in [-0.1, -0.05) is 41.1 Å². The number of rotatable bonds is 4. The lowest BCUT2D eigenvalue weighted by Gasteiger charge is -2.05. The minimum Gasteiger partial charge on any atom is -0.383 e. The SMILES string of the molecule is COCCn1c(=NC(=O)c2ccccc2Cl)sc2cccc(F)c21. The lowest BCUT2D eigenvalue weighted by atomic mass is 10.2. The molecule has 1 aromatic heterocycles. The summed E-state index contributed by atoms with van der Waals surface area (Å²) in [5, 5.41) is 0.335. The van der Waals surface area contributed by atoms with Crippen LogP contribution in [0.3, 0.4) is 0 Å². The Labute approximate surface area is 146 Å². The lowest BCUT2D eigenvalue weighted by molar-refractivity contribution is 0.0997. The van der Waals surface area contributed by atoms with Crippen LogP contribution < -0.4 is 4.80 Å². The number of methoxy groups -OCH3 is 1. The van der Waals surface area contributed by atoms with E-state index in [1.54, 1.807) is 48.1 Å². The van der Waals surface area contributed by atoms with Crippen LogP contribution in [0.2, 0.25) is 5.02 Å². The van der Waals surface area contributed by atoms with E-state index in [-0.39, 0.29) is 5.82 Å². The van der Waals surface area contributed by atoms with Crippen molar-refractivity contribution in [2.45, 2.75) is 6.54 Å². The molecule has 0 saturated carbocycles. The van der Waals surface area contributed by atoms with Gasteiger partial charge in [0, 0.05) is 13.7 Å². The van der Waals surface area contributed by atoms with Crippen LogP contribution >= 0.6 is 22.9 Å². The lowest BCUT2D eigenvalue weighted by Crippen LogP contribution is -2.20. The third-order valence-corrected chi connectivity index (χ3v) is 4.85. The number of carbonyl (C=O) groups excluding carboxylic acids is 1. The fraction of sp³-hybridized carbons (Fsp3) is 0.176. The van der Waals surface area contributed by atoms with Crippen LogP contribution in [0, 0.1) is 5.82 Å². The molecule has 0 aliphatic heterocycles. The maximum absolute atomic E-state index is 14.2. The number of benzene rings is 2. The van der Waals surface area contributed by atoms with E-state index >= 15 is 0 Å². The maximum atomic E-state index is 14.2. The molecule has 0 N–H and O–H groups in total. The minimum atomic E-state index is -0.460.